The standard InChI is InChI=1S/C15H19NO2/c1-2-18-14(17)15-8-13(15)10-16(11-15)9-12-6-4-3-5-7-12/h3-7,13H,2,8-11H2,1H3/t13-,15+/m1/s1. The van der Waals surface area contributed by atoms with E-state index in [4.69, 9.17) is 4.74 Å². The molecule has 1 heterocycles. The number of benzene rings is 1. The molecule has 0 bridgehead atoms. The maximum atomic E-state index is 12.0. The van der Waals surface area contributed by atoms with Crippen molar-refractivity contribution in [1.82, 2.24) is 4.90 Å². The molecular weight excluding hydrogens is 226 g/mol. The lowest BCUT2D eigenvalue weighted by molar-refractivity contribution is -0.149. The van der Waals surface area contributed by atoms with Crippen LogP contribution in [-0.2, 0) is 16.1 Å². The fourth-order valence-electron chi connectivity index (χ4n) is 3.14. The Kier molecular flexibility index (Phi) is 2.86. The Balaban J connectivity index is 1.62. The number of likely N-dealkylation sites (tertiary alicyclic amines) is 1. The summed E-state index contributed by atoms with van der Waals surface area (Å²) in [6, 6.07) is 10.4. The molecule has 1 saturated carbocycles. The van der Waals surface area contributed by atoms with Gasteiger partial charge in [0.15, 0.2) is 0 Å². The molecule has 3 heteroatoms. The molecule has 2 fully saturated rings. The molecule has 0 N–H and O–H groups in total. The van der Waals surface area contributed by atoms with Gasteiger partial charge in [0.1, 0.15) is 0 Å². The number of piperidine rings is 1. The lowest BCUT2D eigenvalue weighted by Crippen LogP contribution is -2.29. The van der Waals surface area contributed by atoms with Crippen molar-refractivity contribution in [3.8, 4) is 0 Å². The van der Waals surface area contributed by atoms with Gasteiger partial charge >= 0.3 is 5.97 Å². The molecule has 0 unspecified atom stereocenters. The average Bonchev–Trinajstić information content (AvgIpc) is 2.95. The quantitative estimate of drug-likeness (QED) is 0.761. The Morgan fingerprint density at radius 3 is 2.94 bits per heavy atom. The molecule has 2 atom stereocenters. The summed E-state index contributed by atoms with van der Waals surface area (Å²) in [4.78, 5) is 14.3. The van der Waals surface area contributed by atoms with Gasteiger partial charge in [0.2, 0.25) is 0 Å². The largest absolute Gasteiger partial charge is 0.466 e. The number of rotatable bonds is 4. The number of carbonyl (C=O) groups excluding carboxylic acids is 1. The molecule has 1 saturated heterocycles. The first-order chi connectivity index (χ1) is 8.74. The van der Waals surface area contributed by atoms with Crippen LogP contribution in [0.15, 0.2) is 30.3 Å². The van der Waals surface area contributed by atoms with Crippen molar-refractivity contribution in [3.05, 3.63) is 35.9 Å². The zero-order chi connectivity index (χ0) is 12.6. The molecule has 1 aromatic rings. The van der Waals surface area contributed by atoms with Crippen LogP contribution in [0.4, 0.5) is 0 Å². The molecule has 0 radical (unpaired) electrons. The van der Waals surface area contributed by atoms with Gasteiger partial charge in [-0.3, -0.25) is 9.69 Å². The molecule has 2 aliphatic rings. The van der Waals surface area contributed by atoms with Crippen molar-refractivity contribution in [3.63, 3.8) is 0 Å². The van der Waals surface area contributed by atoms with Crippen LogP contribution in [0.1, 0.15) is 18.9 Å². The van der Waals surface area contributed by atoms with Gasteiger partial charge in [-0.25, -0.2) is 0 Å². The van der Waals surface area contributed by atoms with Gasteiger partial charge < -0.3 is 4.74 Å². The number of hydrogen-bond acceptors (Lipinski definition) is 3. The predicted molar refractivity (Wildman–Crippen MR) is 68.9 cm³/mol. The van der Waals surface area contributed by atoms with E-state index < -0.39 is 0 Å². The molecule has 1 aromatic carbocycles. The normalized spacial score (nSPS) is 29.9. The minimum absolute atomic E-state index is 0.0190. The van der Waals surface area contributed by atoms with Crippen LogP contribution in [0, 0.1) is 11.3 Å². The van der Waals surface area contributed by atoms with E-state index in [1.807, 2.05) is 13.0 Å². The second-order valence-electron chi connectivity index (χ2n) is 5.43. The summed E-state index contributed by atoms with van der Waals surface area (Å²) in [6.07, 6.45) is 1.02. The van der Waals surface area contributed by atoms with Crippen molar-refractivity contribution in [2.45, 2.75) is 19.9 Å². The fraction of sp³-hybridized carbons (Fsp3) is 0.533. The maximum absolute atomic E-state index is 12.0. The SMILES string of the molecule is CCOC(=O)[C@]12C[C@@H]1CN(Cc1ccccc1)C2. The third-order valence-corrected chi connectivity index (χ3v) is 4.15. The van der Waals surface area contributed by atoms with E-state index in [-0.39, 0.29) is 11.4 Å². The number of hydrogen-bond donors (Lipinski definition) is 0. The van der Waals surface area contributed by atoms with Gasteiger partial charge in [0, 0.05) is 19.6 Å². The lowest BCUT2D eigenvalue weighted by atomic mass is 10.1. The highest BCUT2D eigenvalue weighted by atomic mass is 16.5. The zero-order valence-electron chi connectivity index (χ0n) is 10.8. The van der Waals surface area contributed by atoms with E-state index in [1.165, 1.54) is 5.56 Å². The molecule has 18 heavy (non-hydrogen) atoms. The number of esters is 1. The first-order valence-electron chi connectivity index (χ1n) is 6.68. The molecular formula is C15H19NO2. The highest BCUT2D eigenvalue weighted by Gasteiger charge is 2.65. The lowest BCUT2D eigenvalue weighted by Gasteiger charge is -2.19. The molecule has 3 rings (SSSR count). The minimum atomic E-state index is -0.162. The fourth-order valence-corrected chi connectivity index (χ4v) is 3.14. The maximum Gasteiger partial charge on any atom is 0.313 e. The summed E-state index contributed by atoms with van der Waals surface area (Å²) >= 11 is 0. The van der Waals surface area contributed by atoms with E-state index in [9.17, 15) is 4.79 Å². The summed E-state index contributed by atoms with van der Waals surface area (Å²) in [5, 5.41) is 0. The molecule has 96 valence electrons. The van der Waals surface area contributed by atoms with E-state index >= 15 is 0 Å². The summed E-state index contributed by atoms with van der Waals surface area (Å²) in [5.74, 6) is 0.547. The predicted octanol–water partition coefficient (Wildman–Crippen LogP) is 2.07. The van der Waals surface area contributed by atoms with Crippen LogP contribution in [0.5, 0.6) is 0 Å². The summed E-state index contributed by atoms with van der Waals surface area (Å²) in [6.45, 7) is 5.21. The topological polar surface area (TPSA) is 29.5 Å². The summed E-state index contributed by atoms with van der Waals surface area (Å²) < 4.78 is 5.20. The van der Waals surface area contributed by atoms with Crippen molar-refractivity contribution in [2.75, 3.05) is 19.7 Å². The van der Waals surface area contributed by atoms with Crippen LogP contribution in [0.2, 0.25) is 0 Å². The Hall–Kier alpha value is -1.35. The van der Waals surface area contributed by atoms with Gasteiger partial charge in [-0.1, -0.05) is 30.3 Å². The second kappa shape index (κ2) is 4.39. The summed E-state index contributed by atoms with van der Waals surface area (Å²) in [5.41, 5.74) is 1.16. The van der Waals surface area contributed by atoms with Crippen molar-refractivity contribution in [2.24, 2.45) is 11.3 Å². The Morgan fingerprint density at radius 2 is 2.22 bits per heavy atom. The van der Waals surface area contributed by atoms with E-state index in [1.54, 1.807) is 0 Å². The molecule has 1 aliphatic carbocycles. The minimum Gasteiger partial charge on any atom is -0.466 e. The highest BCUT2D eigenvalue weighted by molar-refractivity contribution is 5.81. The second-order valence-corrected chi connectivity index (χ2v) is 5.43. The van der Waals surface area contributed by atoms with Crippen LogP contribution < -0.4 is 0 Å². The first kappa shape index (κ1) is 11.7. The molecule has 0 amide bonds. The molecule has 0 aromatic heterocycles. The average molecular weight is 245 g/mol. The van der Waals surface area contributed by atoms with Crippen LogP contribution in [0.25, 0.3) is 0 Å². The molecule has 0 spiro atoms. The van der Waals surface area contributed by atoms with Gasteiger partial charge in [-0.15, -0.1) is 0 Å². The third-order valence-electron chi connectivity index (χ3n) is 4.15. The van der Waals surface area contributed by atoms with Gasteiger partial charge in [0.25, 0.3) is 0 Å². The zero-order valence-corrected chi connectivity index (χ0v) is 10.8. The Bertz CT molecular complexity index is 445. The van der Waals surface area contributed by atoms with Crippen molar-refractivity contribution in [1.29, 1.82) is 0 Å². The van der Waals surface area contributed by atoms with E-state index in [0.717, 1.165) is 26.1 Å². The van der Waals surface area contributed by atoms with Gasteiger partial charge in [-0.05, 0) is 24.8 Å². The monoisotopic (exact) mass is 245 g/mol. The Morgan fingerprint density at radius 1 is 1.44 bits per heavy atom. The smallest absolute Gasteiger partial charge is 0.313 e. The van der Waals surface area contributed by atoms with Crippen LogP contribution in [-0.4, -0.2) is 30.6 Å². The number of ether oxygens (including phenoxy) is 1. The third kappa shape index (κ3) is 1.93. The van der Waals surface area contributed by atoms with Crippen LogP contribution in [0.3, 0.4) is 0 Å². The molecule has 1 aliphatic heterocycles. The summed E-state index contributed by atoms with van der Waals surface area (Å²) in [7, 11) is 0. The van der Waals surface area contributed by atoms with E-state index in [0.29, 0.717) is 12.5 Å². The van der Waals surface area contributed by atoms with Crippen LogP contribution >= 0.6 is 0 Å². The van der Waals surface area contributed by atoms with Crippen molar-refractivity contribution >= 4 is 5.97 Å². The molecule has 3 nitrogen and oxygen atoms in total. The van der Waals surface area contributed by atoms with E-state index in [2.05, 4.69) is 29.2 Å². The first-order valence-corrected chi connectivity index (χ1v) is 6.68. The van der Waals surface area contributed by atoms with Gasteiger partial charge in [0.05, 0.1) is 12.0 Å². The number of carbonyl (C=O) groups is 1. The highest BCUT2D eigenvalue weighted by Crippen LogP contribution is 2.58. The van der Waals surface area contributed by atoms with Gasteiger partial charge in [-0.2, -0.15) is 0 Å². The number of nitrogens with zero attached hydrogens (tertiary/aromatic N) is 1. The van der Waals surface area contributed by atoms with Crippen molar-refractivity contribution < 1.29 is 9.53 Å². The number of fused-ring (bicyclic) bond motifs is 1. The Labute approximate surface area is 108 Å².